The molecule has 9 heteroatoms. The van der Waals surface area contributed by atoms with Gasteiger partial charge in [0.05, 0.1) is 5.69 Å². The van der Waals surface area contributed by atoms with E-state index in [9.17, 15) is 0 Å². The van der Waals surface area contributed by atoms with Crippen LogP contribution in [-0.4, -0.2) is 43.6 Å². The monoisotopic (exact) mass is 472 g/mol. The topological polar surface area (TPSA) is 85.0 Å². The highest BCUT2D eigenvalue weighted by atomic mass is 127. The Morgan fingerprint density at radius 3 is 2.85 bits per heavy atom. The van der Waals surface area contributed by atoms with Gasteiger partial charge in [-0.25, -0.2) is 4.99 Å². The fraction of sp³-hybridized carbons (Fsp3) is 0.647. The van der Waals surface area contributed by atoms with Crippen molar-refractivity contribution in [1.29, 1.82) is 0 Å². The zero-order valence-corrected chi connectivity index (χ0v) is 18.2. The van der Waals surface area contributed by atoms with Gasteiger partial charge in [-0.05, 0) is 39.7 Å². The van der Waals surface area contributed by atoms with Crippen molar-refractivity contribution in [3.8, 4) is 0 Å². The molecule has 0 amide bonds. The standard InChI is InChI=1S/C17H28N8.HI/c1-4-18-17(19-8-6-10-25-14(3)11-13(2)23-25)20-12-16-22-21-15-7-5-9-24(15)16;/h11H,4-10,12H2,1-3H3,(H2,18,19,20);1H. The third kappa shape index (κ3) is 5.18. The summed E-state index contributed by atoms with van der Waals surface area (Å²) in [6.07, 6.45) is 3.18. The molecule has 0 aliphatic carbocycles. The van der Waals surface area contributed by atoms with E-state index in [0.29, 0.717) is 6.54 Å². The summed E-state index contributed by atoms with van der Waals surface area (Å²) >= 11 is 0. The Hall–Kier alpha value is -1.65. The predicted octanol–water partition coefficient (Wildman–Crippen LogP) is 1.80. The number of hydrogen-bond donors (Lipinski definition) is 2. The van der Waals surface area contributed by atoms with Crippen molar-refractivity contribution in [2.75, 3.05) is 13.1 Å². The minimum Gasteiger partial charge on any atom is -0.357 e. The first-order valence-corrected chi connectivity index (χ1v) is 9.11. The molecule has 2 N–H and O–H groups in total. The molecule has 0 saturated heterocycles. The number of fused-ring (bicyclic) bond motifs is 1. The van der Waals surface area contributed by atoms with E-state index >= 15 is 0 Å². The summed E-state index contributed by atoms with van der Waals surface area (Å²) in [7, 11) is 0. The van der Waals surface area contributed by atoms with Gasteiger partial charge < -0.3 is 15.2 Å². The number of aryl methyl sites for hydroxylation is 4. The highest BCUT2D eigenvalue weighted by Gasteiger charge is 2.16. The van der Waals surface area contributed by atoms with Gasteiger partial charge in [0.15, 0.2) is 11.8 Å². The number of nitrogens with zero attached hydrogens (tertiary/aromatic N) is 6. The summed E-state index contributed by atoms with van der Waals surface area (Å²) in [5.74, 6) is 2.87. The van der Waals surface area contributed by atoms with Crippen LogP contribution in [0.15, 0.2) is 11.1 Å². The van der Waals surface area contributed by atoms with Gasteiger partial charge in [0.2, 0.25) is 0 Å². The second kappa shape index (κ2) is 9.89. The summed E-state index contributed by atoms with van der Waals surface area (Å²) < 4.78 is 4.25. The van der Waals surface area contributed by atoms with Crippen LogP contribution in [0.5, 0.6) is 0 Å². The van der Waals surface area contributed by atoms with E-state index in [0.717, 1.165) is 68.7 Å². The molecule has 1 aliphatic rings. The molecule has 1 aliphatic heterocycles. The maximum absolute atomic E-state index is 4.65. The molecular weight excluding hydrogens is 443 g/mol. The van der Waals surface area contributed by atoms with Crippen molar-refractivity contribution in [2.24, 2.45) is 4.99 Å². The van der Waals surface area contributed by atoms with Gasteiger partial charge in [-0.2, -0.15) is 5.10 Å². The van der Waals surface area contributed by atoms with Gasteiger partial charge in [0, 0.05) is 38.3 Å². The second-order valence-electron chi connectivity index (χ2n) is 6.41. The fourth-order valence-electron chi connectivity index (χ4n) is 3.16. The van der Waals surface area contributed by atoms with Crippen molar-refractivity contribution in [3.63, 3.8) is 0 Å². The smallest absolute Gasteiger partial charge is 0.191 e. The third-order valence-corrected chi connectivity index (χ3v) is 4.35. The number of aliphatic imine (C=N–C) groups is 1. The molecule has 3 heterocycles. The lowest BCUT2D eigenvalue weighted by Crippen LogP contribution is -2.38. The maximum atomic E-state index is 4.65. The average molecular weight is 472 g/mol. The van der Waals surface area contributed by atoms with E-state index in [1.165, 1.54) is 5.69 Å². The molecule has 0 spiro atoms. The molecule has 0 radical (unpaired) electrons. The van der Waals surface area contributed by atoms with Crippen LogP contribution in [-0.2, 0) is 26.1 Å². The van der Waals surface area contributed by atoms with Crippen LogP contribution in [0.25, 0.3) is 0 Å². The summed E-state index contributed by atoms with van der Waals surface area (Å²) in [5, 5.41) is 19.7. The minimum absolute atomic E-state index is 0. The van der Waals surface area contributed by atoms with Crippen LogP contribution in [0, 0.1) is 13.8 Å². The van der Waals surface area contributed by atoms with E-state index in [1.807, 2.05) is 6.92 Å². The first-order valence-electron chi connectivity index (χ1n) is 9.11. The maximum Gasteiger partial charge on any atom is 0.191 e. The van der Waals surface area contributed by atoms with Crippen molar-refractivity contribution in [1.82, 2.24) is 35.2 Å². The first-order chi connectivity index (χ1) is 12.2. The zero-order chi connectivity index (χ0) is 17.6. The number of hydrogen-bond acceptors (Lipinski definition) is 4. The van der Waals surface area contributed by atoms with Crippen molar-refractivity contribution in [2.45, 2.75) is 59.7 Å². The van der Waals surface area contributed by atoms with Gasteiger partial charge >= 0.3 is 0 Å². The number of nitrogens with one attached hydrogen (secondary N) is 2. The Morgan fingerprint density at radius 1 is 1.27 bits per heavy atom. The van der Waals surface area contributed by atoms with E-state index < -0.39 is 0 Å². The Labute approximate surface area is 171 Å². The molecule has 8 nitrogen and oxygen atoms in total. The van der Waals surface area contributed by atoms with Gasteiger partial charge in [0.1, 0.15) is 12.4 Å². The Balaban J connectivity index is 0.00000243. The van der Waals surface area contributed by atoms with E-state index in [4.69, 9.17) is 0 Å². The normalized spacial score (nSPS) is 13.4. The van der Waals surface area contributed by atoms with Crippen molar-refractivity contribution < 1.29 is 0 Å². The SMILES string of the molecule is CCNC(=NCc1nnc2n1CCC2)NCCCn1nc(C)cc1C.I. The van der Waals surface area contributed by atoms with Gasteiger partial charge in [-0.3, -0.25) is 4.68 Å². The van der Waals surface area contributed by atoms with Crippen molar-refractivity contribution >= 4 is 29.9 Å². The average Bonchev–Trinajstić information content (AvgIpc) is 3.26. The molecule has 0 bridgehead atoms. The van der Waals surface area contributed by atoms with Crippen LogP contribution >= 0.6 is 24.0 Å². The van der Waals surface area contributed by atoms with Gasteiger partial charge in [-0.15, -0.1) is 34.2 Å². The van der Waals surface area contributed by atoms with E-state index in [1.54, 1.807) is 0 Å². The molecule has 2 aromatic rings. The lowest BCUT2D eigenvalue weighted by Gasteiger charge is -2.11. The van der Waals surface area contributed by atoms with Crippen LogP contribution in [0.1, 0.15) is 42.8 Å². The number of guanidine groups is 1. The van der Waals surface area contributed by atoms with E-state index in [2.05, 4.69) is 60.1 Å². The molecule has 0 fully saturated rings. The van der Waals surface area contributed by atoms with E-state index in [-0.39, 0.29) is 24.0 Å². The molecule has 0 unspecified atom stereocenters. The van der Waals surface area contributed by atoms with Gasteiger partial charge in [0.25, 0.3) is 0 Å². The molecule has 0 aromatic carbocycles. The zero-order valence-electron chi connectivity index (χ0n) is 15.8. The molecule has 2 aromatic heterocycles. The molecule has 3 rings (SSSR count). The Morgan fingerprint density at radius 2 is 2.12 bits per heavy atom. The van der Waals surface area contributed by atoms with Crippen LogP contribution in [0.3, 0.4) is 0 Å². The summed E-state index contributed by atoms with van der Waals surface area (Å²) in [6, 6.07) is 2.11. The summed E-state index contributed by atoms with van der Waals surface area (Å²) in [6.45, 7) is 10.4. The highest BCUT2D eigenvalue weighted by Crippen LogP contribution is 2.14. The molecule has 0 atom stereocenters. The van der Waals surface area contributed by atoms with Crippen LogP contribution in [0.4, 0.5) is 0 Å². The first kappa shape index (κ1) is 20.7. The van der Waals surface area contributed by atoms with Crippen LogP contribution < -0.4 is 10.6 Å². The Bertz CT molecular complexity index is 733. The van der Waals surface area contributed by atoms with Crippen LogP contribution in [0.2, 0.25) is 0 Å². The Kier molecular flexibility index (Phi) is 7.85. The molecular formula is C17H29IN8. The largest absolute Gasteiger partial charge is 0.357 e. The number of rotatable bonds is 7. The molecule has 144 valence electrons. The number of aromatic nitrogens is 5. The fourth-order valence-corrected chi connectivity index (χ4v) is 3.16. The molecule has 0 saturated carbocycles. The summed E-state index contributed by atoms with van der Waals surface area (Å²) in [4.78, 5) is 4.65. The molecule has 26 heavy (non-hydrogen) atoms. The second-order valence-corrected chi connectivity index (χ2v) is 6.41. The lowest BCUT2D eigenvalue weighted by atomic mass is 10.4. The van der Waals surface area contributed by atoms with Crippen molar-refractivity contribution in [3.05, 3.63) is 29.1 Å². The van der Waals surface area contributed by atoms with Gasteiger partial charge in [-0.1, -0.05) is 0 Å². The minimum atomic E-state index is 0. The number of halogens is 1. The highest BCUT2D eigenvalue weighted by molar-refractivity contribution is 14.0. The third-order valence-electron chi connectivity index (χ3n) is 4.35. The lowest BCUT2D eigenvalue weighted by molar-refractivity contribution is 0.555. The predicted molar refractivity (Wildman–Crippen MR) is 113 cm³/mol. The quantitative estimate of drug-likeness (QED) is 0.278. The summed E-state index contributed by atoms with van der Waals surface area (Å²) in [5.41, 5.74) is 2.28.